The van der Waals surface area contributed by atoms with E-state index in [0.717, 1.165) is 5.56 Å². The number of benzene rings is 1. The lowest BCUT2D eigenvalue weighted by Crippen LogP contribution is -2.22. The molecular formula is C10H12N4O2S. The van der Waals surface area contributed by atoms with Crippen LogP contribution in [0, 0.1) is 0 Å². The molecule has 90 valence electrons. The quantitative estimate of drug-likeness (QED) is 0.832. The first-order chi connectivity index (χ1) is 8.04. The van der Waals surface area contributed by atoms with Crippen LogP contribution in [0.3, 0.4) is 0 Å². The minimum atomic E-state index is -3.76. The third kappa shape index (κ3) is 3.30. The van der Waals surface area contributed by atoms with Crippen LogP contribution in [0.25, 0.3) is 0 Å². The number of nitrogens with two attached hydrogens (primary N) is 1. The third-order valence-electron chi connectivity index (χ3n) is 2.16. The van der Waals surface area contributed by atoms with Crippen molar-refractivity contribution in [2.45, 2.75) is 6.54 Å². The average molecular weight is 252 g/mol. The average Bonchev–Trinajstić information content (AvgIpc) is 2.71. The molecular weight excluding hydrogens is 240 g/mol. The second kappa shape index (κ2) is 4.56. The van der Waals surface area contributed by atoms with Gasteiger partial charge in [-0.2, -0.15) is 13.5 Å². The number of hydrogen-bond acceptors (Lipinski definition) is 3. The van der Waals surface area contributed by atoms with Crippen molar-refractivity contribution >= 4 is 15.9 Å². The van der Waals surface area contributed by atoms with Gasteiger partial charge in [-0.1, -0.05) is 18.2 Å². The summed E-state index contributed by atoms with van der Waals surface area (Å²) in [6.07, 6.45) is 3.46. The normalized spacial score (nSPS) is 11.4. The van der Waals surface area contributed by atoms with E-state index in [1.807, 2.05) is 12.1 Å². The van der Waals surface area contributed by atoms with Crippen LogP contribution in [0.1, 0.15) is 5.56 Å². The summed E-state index contributed by atoms with van der Waals surface area (Å²) in [4.78, 5) is 0. The molecule has 0 aliphatic heterocycles. The number of nitrogens with one attached hydrogen (secondary N) is 1. The van der Waals surface area contributed by atoms with E-state index in [0.29, 0.717) is 12.2 Å². The predicted octanol–water partition coefficient (Wildman–Crippen LogP) is 0.547. The molecule has 0 saturated heterocycles. The highest BCUT2D eigenvalue weighted by molar-refractivity contribution is 7.90. The maximum atomic E-state index is 11.0. The molecule has 0 aliphatic rings. The molecule has 2 aromatic rings. The lowest BCUT2D eigenvalue weighted by Gasteiger charge is -2.10. The van der Waals surface area contributed by atoms with Gasteiger partial charge in [0.2, 0.25) is 0 Å². The molecule has 0 bridgehead atoms. The Morgan fingerprint density at radius 3 is 2.71 bits per heavy atom. The molecule has 6 nitrogen and oxygen atoms in total. The second-order valence-electron chi connectivity index (χ2n) is 3.51. The molecule has 0 amide bonds. The SMILES string of the molecule is NS(=O)(=O)Nc1ccccc1Cn1cccn1. The zero-order valence-corrected chi connectivity index (χ0v) is 9.76. The third-order valence-corrected chi connectivity index (χ3v) is 2.67. The predicted molar refractivity (Wildman–Crippen MR) is 64.5 cm³/mol. The van der Waals surface area contributed by atoms with Crippen molar-refractivity contribution in [3.05, 3.63) is 48.3 Å². The fraction of sp³-hybridized carbons (Fsp3) is 0.100. The van der Waals surface area contributed by atoms with Crippen molar-refractivity contribution in [2.24, 2.45) is 5.14 Å². The van der Waals surface area contributed by atoms with E-state index in [1.54, 1.807) is 35.3 Å². The molecule has 0 spiro atoms. The number of aromatic nitrogens is 2. The maximum absolute atomic E-state index is 11.0. The van der Waals surface area contributed by atoms with E-state index in [2.05, 4.69) is 9.82 Å². The molecule has 0 unspecified atom stereocenters. The lowest BCUT2D eigenvalue weighted by atomic mass is 10.2. The monoisotopic (exact) mass is 252 g/mol. The fourth-order valence-corrected chi connectivity index (χ4v) is 1.99. The highest BCUT2D eigenvalue weighted by atomic mass is 32.2. The van der Waals surface area contributed by atoms with Gasteiger partial charge in [0, 0.05) is 12.4 Å². The summed E-state index contributed by atoms with van der Waals surface area (Å²) < 4.78 is 26.0. The van der Waals surface area contributed by atoms with Crippen LogP contribution in [0.4, 0.5) is 5.69 Å². The Morgan fingerprint density at radius 1 is 1.29 bits per heavy atom. The Balaban J connectivity index is 2.28. The lowest BCUT2D eigenvalue weighted by molar-refractivity contribution is 0.602. The van der Waals surface area contributed by atoms with Gasteiger partial charge in [-0.25, -0.2) is 5.14 Å². The first-order valence-electron chi connectivity index (χ1n) is 4.90. The maximum Gasteiger partial charge on any atom is 0.296 e. The van der Waals surface area contributed by atoms with Crippen molar-refractivity contribution in [3.8, 4) is 0 Å². The van der Waals surface area contributed by atoms with Crippen LogP contribution in [0.2, 0.25) is 0 Å². The van der Waals surface area contributed by atoms with Crippen LogP contribution >= 0.6 is 0 Å². The Kier molecular flexibility index (Phi) is 3.12. The molecule has 1 heterocycles. The molecule has 1 aromatic heterocycles. The van der Waals surface area contributed by atoms with Crippen LogP contribution in [0.15, 0.2) is 42.7 Å². The minimum Gasteiger partial charge on any atom is -0.271 e. The highest BCUT2D eigenvalue weighted by Gasteiger charge is 2.07. The van der Waals surface area contributed by atoms with Gasteiger partial charge in [0.1, 0.15) is 0 Å². The molecule has 0 radical (unpaired) electrons. The zero-order chi connectivity index (χ0) is 12.3. The van der Waals surface area contributed by atoms with Crippen molar-refractivity contribution in [1.29, 1.82) is 0 Å². The van der Waals surface area contributed by atoms with Gasteiger partial charge in [0.15, 0.2) is 0 Å². The number of hydrogen-bond donors (Lipinski definition) is 2. The van der Waals surface area contributed by atoms with Gasteiger partial charge in [0.25, 0.3) is 10.2 Å². The van der Waals surface area contributed by atoms with Gasteiger partial charge in [0.05, 0.1) is 12.2 Å². The molecule has 2 rings (SSSR count). The Hall–Kier alpha value is -1.86. The van der Waals surface area contributed by atoms with Gasteiger partial charge < -0.3 is 0 Å². The molecule has 3 N–H and O–H groups in total. The largest absolute Gasteiger partial charge is 0.296 e. The molecule has 0 saturated carbocycles. The number of para-hydroxylation sites is 1. The van der Waals surface area contributed by atoms with Gasteiger partial charge in [-0.3, -0.25) is 9.40 Å². The Labute approximate surface area is 99.2 Å². The molecule has 17 heavy (non-hydrogen) atoms. The van der Waals surface area contributed by atoms with Crippen molar-refractivity contribution < 1.29 is 8.42 Å². The van der Waals surface area contributed by atoms with E-state index in [1.165, 1.54) is 0 Å². The van der Waals surface area contributed by atoms with E-state index in [9.17, 15) is 8.42 Å². The van der Waals surface area contributed by atoms with Gasteiger partial charge in [-0.05, 0) is 17.7 Å². The van der Waals surface area contributed by atoms with Gasteiger partial charge >= 0.3 is 0 Å². The molecule has 0 fully saturated rings. The minimum absolute atomic E-state index is 0.463. The van der Waals surface area contributed by atoms with Crippen molar-refractivity contribution in [1.82, 2.24) is 9.78 Å². The molecule has 7 heteroatoms. The first-order valence-corrected chi connectivity index (χ1v) is 6.45. The summed E-state index contributed by atoms with van der Waals surface area (Å²) in [5.74, 6) is 0. The summed E-state index contributed by atoms with van der Waals surface area (Å²) in [6, 6.07) is 8.83. The van der Waals surface area contributed by atoms with Crippen LogP contribution in [-0.4, -0.2) is 18.2 Å². The van der Waals surface area contributed by atoms with E-state index < -0.39 is 10.2 Å². The summed E-state index contributed by atoms with van der Waals surface area (Å²) in [7, 11) is -3.76. The molecule has 0 aliphatic carbocycles. The standard InChI is InChI=1S/C10H12N4O2S/c11-17(15,16)13-10-5-2-1-4-9(10)8-14-7-3-6-12-14/h1-7,13H,8H2,(H2,11,15,16). The van der Waals surface area contributed by atoms with Crippen LogP contribution in [0.5, 0.6) is 0 Å². The van der Waals surface area contributed by atoms with Crippen molar-refractivity contribution in [3.63, 3.8) is 0 Å². The fourth-order valence-electron chi connectivity index (χ4n) is 1.48. The van der Waals surface area contributed by atoms with Crippen LogP contribution in [-0.2, 0) is 16.8 Å². The zero-order valence-electron chi connectivity index (χ0n) is 8.95. The topological polar surface area (TPSA) is 90.0 Å². The Bertz CT molecular complexity index is 593. The molecule has 1 aromatic carbocycles. The molecule has 0 atom stereocenters. The van der Waals surface area contributed by atoms with E-state index in [-0.39, 0.29) is 0 Å². The summed E-state index contributed by atoms with van der Waals surface area (Å²) in [5.41, 5.74) is 1.26. The summed E-state index contributed by atoms with van der Waals surface area (Å²) in [6.45, 7) is 0.478. The number of nitrogens with zero attached hydrogens (tertiary/aromatic N) is 2. The van der Waals surface area contributed by atoms with E-state index >= 15 is 0 Å². The summed E-state index contributed by atoms with van der Waals surface area (Å²) >= 11 is 0. The van der Waals surface area contributed by atoms with Crippen molar-refractivity contribution in [2.75, 3.05) is 4.72 Å². The number of anilines is 1. The highest BCUT2D eigenvalue weighted by Crippen LogP contribution is 2.16. The smallest absolute Gasteiger partial charge is 0.271 e. The first kappa shape index (κ1) is 11.6. The van der Waals surface area contributed by atoms with E-state index in [4.69, 9.17) is 5.14 Å². The second-order valence-corrected chi connectivity index (χ2v) is 4.80. The Morgan fingerprint density at radius 2 is 2.06 bits per heavy atom. The van der Waals surface area contributed by atoms with Crippen LogP contribution < -0.4 is 9.86 Å². The number of rotatable bonds is 4. The summed E-state index contributed by atoms with van der Waals surface area (Å²) in [5, 5.41) is 9.01. The van der Waals surface area contributed by atoms with Gasteiger partial charge in [-0.15, -0.1) is 0 Å².